The smallest absolute Gasteiger partial charge is 0.416 e. The summed E-state index contributed by atoms with van der Waals surface area (Å²) in [5.74, 6) is 0.672. The molecule has 3 rings (SSSR count). The summed E-state index contributed by atoms with van der Waals surface area (Å²) in [6, 6.07) is 4.57. The van der Waals surface area contributed by atoms with Crippen molar-refractivity contribution in [2.45, 2.75) is 24.7 Å². The van der Waals surface area contributed by atoms with Gasteiger partial charge in [-0.3, -0.25) is 4.98 Å². The third kappa shape index (κ3) is 4.05. The summed E-state index contributed by atoms with van der Waals surface area (Å²) >= 11 is 0. The average Bonchev–Trinajstić information content (AvgIpc) is 3.01. The Kier molecular flexibility index (Phi) is 5.28. The van der Waals surface area contributed by atoms with Crippen LogP contribution in [0.1, 0.15) is 23.6 Å². The molecule has 0 aliphatic carbocycles. The van der Waals surface area contributed by atoms with Crippen molar-refractivity contribution in [3.05, 3.63) is 47.8 Å². The molecule has 0 saturated carbocycles. The van der Waals surface area contributed by atoms with Gasteiger partial charge in [0.2, 0.25) is 5.88 Å². The normalized spacial score (nSPS) is 20.4. The van der Waals surface area contributed by atoms with Crippen molar-refractivity contribution in [1.82, 2.24) is 9.97 Å². The second kappa shape index (κ2) is 7.46. The maximum absolute atomic E-state index is 12.7. The minimum atomic E-state index is -4.39. The number of anilines is 1. The third-order valence-corrected chi connectivity index (χ3v) is 4.14. The molecule has 0 bridgehead atoms. The van der Waals surface area contributed by atoms with Gasteiger partial charge in [-0.2, -0.15) is 18.2 Å². The predicted octanol–water partition coefficient (Wildman–Crippen LogP) is 2.18. The number of hydrogen-bond donors (Lipinski definition) is 2. The molecule has 2 N–H and O–H groups in total. The quantitative estimate of drug-likeness (QED) is 0.841. The number of rotatable bonds is 5. The number of aliphatic hydroxyl groups excluding tert-OH is 2. The van der Waals surface area contributed by atoms with Crippen LogP contribution in [0.5, 0.6) is 5.88 Å². The molecule has 1 fully saturated rings. The van der Waals surface area contributed by atoms with Gasteiger partial charge in [-0.15, -0.1) is 0 Å². The fourth-order valence-electron chi connectivity index (χ4n) is 2.97. The van der Waals surface area contributed by atoms with Gasteiger partial charge in [0.1, 0.15) is 6.61 Å². The van der Waals surface area contributed by atoms with Gasteiger partial charge in [0.05, 0.1) is 36.7 Å². The molecule has 9 heteroatoms. The molecule has 1 aromatic carbocycles. The highest BCUT2D eigenvalue weighted by Crippen LogP contribution is 2.37. The first-order chi connectivity index (χ1) is 12.4. The first kappa shape index (κ1) is 18.4. The number of ether oxygens (including phenoxy) is 1. The highest BCUT2D eigenvalue weighted by atomic mass is 19.4. The minimum Gasteiger partial charge on any atom is -0.474 e. The number of halogens is 3. The molecule has 0 amide bonds. The van der Waals surface area contributed by atoms with E-state index >= 15 is 0 Å². The average molecular weight is 369 g/mol. The number of alkyl halides is 3. The molecule has 2 unspecified atom stereocenters. The summed E-state index contributed by atoms with van der Waals surface area (Å²) < 4.78 is 43.5. The van der Waals surface area contributed by atoms with E-state index in [2.05, 4.69) is 9.97 Å². The lowest BCUT2D eigenvalue weighted by Gasteiger charge is -2.26. The van der Waals surface area contributed by atoms with Gasteiger partial charge in [-0.1, -0.05) is 12.1 Å². The fraction of sp³-hybridized carbons (Fsp3) is 0.412. The van der Waals surface area contributed by atoms with E-state index in [4.69, 9.17) is 9.84 Å². The van der Waals surface area contributed by atoms with Gasteiger partial charge in [0.25, 0.3) is 0 Å². The van der Waals surface area contributed by atoms with E-state index < -0.39 is 17.8 Å². The molecule has 1 aromatic heterocycles. The SMILES string of the molecule is OCCOc1cncc(N2CC(O)CC2c2ccc(C(F)(F)F)cc2)n1. The number of aliphatic hydroxyl groups is 2. The van der Waals surface area contributed by atoms with Gasteiger partial charge >= 0.3 is 6.18 Å². The highest BCUT2D eigenvalue weighted by molar-refractivity contribution is 5.44. The minimum absolute atomic E-state index is 0.0725. The largest absolute Gasteiger partial charge is 0.474 e. The summed E-state index contributed by atoms with van der Waals surface area (Å²) in [5.41, 5.74) is -0.0661. The number of aromatic nitrogens is 2. The van der Waals surface area contributed by atoms with Crippen LogP contribution in [0.25, 0.3) is 0 Å². The van der Waals surface area contributed by atoms with Crippen LogP contribution in [0, 0.1) is 0 Å². The van der Waals surface area contributed by atoms with Crippen LogP contribution < -0.4 is 9.64 Å². The van der Waals surface area contributed by atoms with Crippen molar-refractivity contribution in [2.75, 3.05) is 24.7 Å². The molecule has 6 nitrogen and oxygen atoms in total. The Morgan fingerprint density at radius 1 is 1.19 bits per heavy atom. The van der Waals surface area contributed by atoms with Crippen molar-refractivity contribution in [1.29, 1.82) is 0 Å². The topological polar surface area (TPSA) is 78.7 Å². The molecule has 2 heterocycles. The van der Waals surface area contributed by atoms with Crippen LogP contribution in [0.2, 0.25) is 0 Å². The summed E-state index contributed by atoms with van der Waals surface area (Å²) in [6.07, 6.45) is -1.75. The third-order valence-electron chi connectivity index (χ3n) is 4.14. The molecular weight excluding hydrogens is 351 g/mol. The molecule has 1 saturated heterocycles. The molecule has 1 aliphatic heterocycles. The Labute approximate surface area is 147 Å². The number of hydrogen-bond acceptors (Lipinski definition) is 6. The first-order valence-electron chi connectivity index (χ1n) is 8.06. The zero-order valence-corrected chi connectivity index (χ0v) is 13.7. The Morgan fingerprint density at radius 3 is 2.58 bits per heavy atom. The fourth-order valence-corrected chi connectivity index (χ4v) is 2.97. The van der Waals surface area contributed by atoms with Crippen LogP contribution in [-0.2, 0) is 6.18 Å². The molecule has 26 heavy (non-hydrogen) atoms. The Hall–Kier alpha value is -2.39. The maximum Gasteiger partial charge on any atom is 0.416 e. The Bertz CT molecular complexity index is 740. The molecule has 2 atom stereocenters. The maximum atomic E-state index is 12.7. The van der Waals surface area contributed by atoms with Gasteiger partial charge < -0.3 is 19.8 Å². The number of β-amino-alcohol motifs (C(OH)–C–C–N with tert-alkyl or cyclic N) is 1. The predicted molar refractivity (Wildman–Crippen MR) is 86.8 cm³/mol. The van der Waals surface area contributed by atoms with E-state index in [0.29, 0.717) is 17.8 Å². The highest BCUT2D eigenvalue weighted by Gasteiger charge is 2.35. The van der Waals surface area contributed by atoms with Crippen molar-refractivity contribution in [3.8, 4) is 5.88 Å². The van der Waals surface area contributed by atoms with Crippen molar-refractivity contribution >= 4 is 5.82 Å². The number of benzene rings is 1. The summed E-state index contributed by atoms with van der Waals surface area (Å²) in [5, 5.41) is 18.9. The summed E-state index contributed by atoms with van der Waals surface area (Å²) in [4.78, 5) is 10.1. The second-order valence-corrected chi connectivity index (χ2v) is 5.97. The van der Waals surface area contributed by atoms with Crippen molar-refractivity contribution in [3.63, 3.8) is 0 Å². The molecule has 2 aromatic rings. The molecular formula is C17H18F3N3O3. The lowest BCUT2D eigenvalue weighted by Crippen LogP contribution is -2.25. The van der Waals surface area contributed by atoms with E-state index in [9.17, 15) is 18.3 Å². The van der Waals surface area contributed by atoms with Gasteiger partial charge in [-0.25, -0.2) is 0 Å². The summed E-state index contributed by atoms with van der Waals surface area (Å²) in [6.45, 7) is 0.190. The van der Waals surface area contributed by atoms with Crippen LogP contribution in [0.3, 0.4) is 0 Å². The van der Waals surface area contributed by atoms with Gasteiger partial charge in [-0.05, 0) is 24.1 Å². The monoisotopic (exact) mass is 369 g/mol. The standard InChI is InChI=1S/C17H18F3N3O3/c18-17(19,20)12-3-1-11(2-4-12)14-7-13(25)10-23(14)15-8-21-9-16(22-15)26-6-5-24/h1-4,8-9,13-14,24-25H,5-7,10H2. The van der Waals surface area contributed by atoms with Gasteiger partial charge in [0.15, 0.2) is 5.82 Å². The Balaban J connectivity index is 1.85. The lowest BCUT2D eigenvalue weighted by atomic mass is 10.0. The second-order valence-electron chi connectivity index (χ2n) is 5.97. The Morgan fingerprint density at radius 2 is 1.92 bits per heavy atom. The molecule has 0 radical (unpaired) electrons. The van der Waals surface area contributed by atoms with E-state index in [1.165, 1.54) is 24.5 Å². The first-order valence-corrected chi connectivity index (χ1v) is 8.06. The van der Waals surface area contributed by atoms with Crippen LogP contribution >= 0.6 is 0 Å². The van der Waals surface area contributed by atoms with Crippen molar-refractivity contribution < 1.29 is 28.1 Å². The zero-order chi connectivity index (χ0) is 18.7. The lowest BCUT2D eigenvalue weighted by molar-refractivity contribution is -0.137. The molecule has 0 spiro atoms. The van der Waals surface area contributed by atoms with E-state index in [-0.39, 0.29) is 31.7 Å². The van der Waals surface area contributed by atoms with E-state index in [1.807, 2.05) is 0 Å². The van der Waals surface area contributed by atoms with E-state index in [1.54, 1.807) is 4.90 Å². The van der Waals surface area contributed by atoms with Crippen LogP contribution in [0.15, 0.2) is 36.7 Å². The number of nitrogens with zero attached hydrogens (tertiary/aromatic N) is 3. The molecule has 140 valence electrons. The zero-order valence-electron chi connectivity index (χ0n) is 13.7. The van der Waals surface area contributed by atoms with Gasteiger partial charge in [0, 0.05) is 6.54 Å². The van der Waals surface area contributed by atoms with Crippen LogP contribution in [-0.4, -0.2) is 46.0 Å². The molecule has 1 aliphatic rings. The van der Waals surface area contributed by atoms with Crippen LogP contribution in [0.4, 0.5) is 19.0 Å². The summed E-state index contributed by atoms with van der Waals surface area (Å²) in [7, 11) is 0. The van der Waals surface area contributed by atoms with Crippen molar-refractivity contribution in [2.24, 2.45) is 0 Å². The van der Waals surface area contributed by atoms with E-state index in [0.717, 1.165) is 12.1 Å².